The smallest absolute Gasteiger partial charge is 0.270 e. The van der Waals surface area contributed by atoms with Crippen molar-refractivity contribution in [1.29, 1.82) is 0 Å². The molecule has 43 heavy (non-hydrogen) atoms. The Balaban J connectivity index is 1.13. The molecule has 0 unspecified atom stereocenters. The van der Waals surface area contributed by atoms with E-state index in [1.54, 1.807) is 17.9 Å². The van der Waals surface area contributed by atoms with E-state index >= 15 is 0 Å². The second kappa shape index (κ2) is 12.8. The van der Waals surface area contributed by atoms with Crippen molar-refractivity contribution in [3.63, 3.8) is 0 Å². The molecular weight excluding hydrogens is 548 g/mol. The number of aromatic nitrogens is 3. The molecule has 0 bridgehead atoms. The molecule has 0 radical (unpaired) electrons. The molecule has 1 aromatic carbocycles. The molecule has 1 fully saturated rings. The van der Waals surface area contributed by atoms with Crippen molar-refractivity contribution < 1.29 is 23.8 Å². The van der Waals surface area contributed by atoms with Gasteiger partial charge >= 0.3 is 0 Å². The Kier molecular flexibility index (Phi) is 9.12. The number of β-amino-alcohol motifs (C(OH)–C–C–N with tert-alkyl or cyclic N) is 1. The summed E-state index contributed by atoms with van der Waals surface area (Å²) >= 11 is 0. The van der Waals surface area contributed by atoms with E-state index in [0.29, 0.717) is 56.6 Å². The minimum atomic E-state index is -0.728. The van der Waals surface area contributed by atoms with Crippen LogP contribution >= 0.6 is 0 Å². The fraction of sp³-hybridized carbons (Fsp3) is 0.531. The highest BCUT2D eigenvalue weighted by Crippen LogP contribution is 2.26. The Bertz CT molecular complexity index is 1460. The van der Waals surface area contributed by atoms with Crippen molar-refractivity contribution in [2.24, 2.45) is 5.92 Å². The Morgan fingerprint density at radius 1 is 1.19 bits per heavy atom. The Labute approximate surface area is 252 Å². The number of aliphatic hydroxyl groups is 1. The number of benzene rings is 1. The van der Waals surface area contributed by atoms with Crippen LogP contribution in [0.4, 0.5) is 0 Å². The molecule has 0 aliphatic carbocycles. The number of amides is 2. The average molecular weight is 591 g/mol. The van der Waals surface area contributed by atoms with Crippen LogP contribution in [-0.2, 0) is 36.2 Å². The predicted molar refractivity (Wildman–Crippen MR) is 160 cm³/mol. The van der Waals surface area contributed by atoms with Gasteiger partial charge in [0.15, 0.2) is 12.2 Å². The number of ether oxygens (including phenoxy) is 1. The first-order valence-electron chi connectivity index (χ1n) is 14.9. The maximum absolute atomic E-state index is 13.1. The Hall–Kier alpha value is -3.83. The maximum atomic E-state index is 13.1. The van der Waals surface area contributed by atoms with Crippen molar-refractivity contribution in [2.75, 3.05) is 32.7 Å². The van der Waals surface area contributed by atoms with Crippen LogP contribution in [0.2, 0.25) is 0 Å². The lowest BCUT2D eigenvalue weighted by Crippen LogP contribution is -2.49. The third-order valence-electron chi connectivity index (χ3n) is 8.03. The molecule has 11 nitrogen and oxygen atoms in total. The lowest BCUT2D eigenvalue weighted by Gasteiger charge is -2.38. The zero-order valence-electron chi connectivity index (χ0n) is 25.7. The van der Waals surface area contributed by atoms with Gasteiger partial charge in [-0.2, -0.15) is 0 Å². The number of nitrogens with zero attached hydrogens (tertiary/aromatic N) is 5. The molecule has 2 N–H and O–H groups in total. The van der Waals surface area contributed by atoms with E-state index < -0.39 is 6.10 Å². The number of aryl methyl sites for hydroxylation is 1. The van der Waals surface area contributed by atoms with E-state index in [4.69, 9.17) is 14.1 Å². The van der Waals surface area contributed by atoms with Crippen LogP contribution < -0.4 is 10.1 Å². The largest absolute Gasteiger partial charge is 0.486 e. The molecule has 1 saturated heterocycles. The molecule has 5 rings (SSSR count). The van der Waals surface area contributed by atoms with Gasteiger partial charge in [0.25, 0.3) is 5.91 Å². The monoisotopic (exact) mass is 590 g/mol. The fourth-order valence-corrected chi connectivity index (χ4v) is 5.42. The van der Waals surface area contributed by atoms with Crippen LogP contribution in [0.25, 0.3) is 0 Å². The third-order valence-corrected chi connectivity index (χ3v) is 8.03. The Morgan fingerprint density at radius 2 is 1.98 bits per heavy atom. The van der Waals surface area contributed by atoms with Crippen molar-refractivity contribution in [2.45, 2.75) is 72.1 Å². The van der Waals surface area contributed by atoms with E-state index in [2.05, 4.69) is 32.3 Å². The van der Waals surface area contributed by atoms with Gasteiger partial charge in [0.1, 0.15) is 23.9 Å². The number of hydrogen-bond acceptors (Lipinski definition) is 9. The average Bonchev–Trinajstić information content (AvgIpc) is 3.35. The molecule has 11 heteroatoms. The second-order valence-electron chi connectivity index (χ2n) is 12.7. The summed E-state index contributed by atoms with van der Waals surface area (Å²) in [4.78, 5) is 42.1. The zero-order chi connectivity index (χ0) is 30.7. The summed E-state index contributed by atoms with van der Waals surface area (Å²) in [7, 11) is 0. The first-order valence-corrected chi connectivity index (χ1v) is 14.9. The number of hydrogen-bond donors (Lipinski definition) is 2. The molecule has 2 amide bonds. The van der Waals surface area contributed by atoms with Crippen molar-refractivity contribution >= 4 is 11.8 Å². The van der Waals surface area contributed by atoms with E-state index in [9.17, 15) is 14.7 Å². The summed E-state index contributed by atoms with van der Waals surface area (Å²) in [5.74, 6) is 2.18. The van der Waals surface area contributed by atoms with Gasteiger partial charge in [0.2, 0.25) is 5.91 Å². The summed E-state index contributed by atoms with van der Waals surface area (Å²) in [6, 6.07) is 7.83. The maximum Gasteiger partial charge on any atom is 0.270 e. The topological polar surface area (TPSA) is 134 Å². The second-order valence-corrected chi connectivity index (χ2v) is 12.7. The molecule has 0 spiro atoms. The molecule has 4 heterocycles. The fourth-order valence-electron chi connectivity index (χ4n) is 5.42. The van der Waals surface area contributed by atoms with Crippen molar-refractivity contribution in [3.05, 3.63) is 70.5 Å². The van der Waals surface area contributed by atoms with Crippen LogP contribution in [0.15, 0.2) is 35.1 Å². The van der Waals surface area contributed by atoms with E-state index in [-0.39, 0.29) is 23.8 Å². The highest BCUT2D eigenvalue weighted by Gasteiger charge is 2.30. The number of likely N-dealkylation sites (tertiary alicyclic amines) is 1. The number of oxazole rings is 1. The van der Waals surface area contributed by atoms with Gasteiger partial charge in [-0.05, 0) is 55.0 Å². The highest BCUT2D eigenvalue weighted by molar-refractivity contribution is 5.92. The van der Waals surface area contributed by atoms with Gasteiger partial charge in [0, 0.05) is 57.3 Å². The third kappa shape index (κ3) is 7.77. The molecule has 2 aliphatic heterocycles. The first kappa shape index (κ1) is 30.6. The quantitative estimate of drug-likeness (QED) is 0.366. The highest BCUT2D eigenvalue weighted by atomic mass is 16.5. The van der Waals surface area contributed by atoms with Crippen molar-refractivity contribution in [1.82, 2.24) is 30.1 Å². The van der Waals surface area contributed by atoms with Gasteiger partial charge in [-0.3, -0.25) is 14.5 Å². The van der Waals surface area contributed by atoms with Crippen LogP contribution in [0, 0.1) is 12.8 Å². The van der Waals surface area contributed by atoms with Gasteiger partial charge in [-0.25, -0.2) is 15.0 Å². The van der Waals surface area contributed by atoms with E-state index in [1.165, 1.54) is 17.5 Å². The van der Waals surface area contributed by atoms with E-state index in [1.807, 2.05) is 33.8 Å². The molecule has 2 aliphatic rings. The predicted octanol–water partition coefficient (Wildman–Crippen LogP) is 2.82. The van der Waals surface area contributed by atoms with Gasteiger partial charge < -0.3 is 24.5 Å². The summed E-state index contributed by atoms with van der Waals surface area (Å²) in [5.41, 5.74) is 4.03. The normalized spacial score (nSPS) is 16.4. The van der Waals surface area contributed by atoms with Crippen LogP contribution in [0.1, 0.15) is 72.3 Å². The van der Waals surface area contributed by atoms with Crippen LogP contribution in [-0.4, -0.2) is 80.5 Å². The number of aliphatic hydroxyl groups excluding tert-OH is 1. The zero-order valence-corrected chi connectivity index (χ0v) is 25.7. The molecule has 3 aromatic rings. The minimum Gasteiger partial charge on any atom is -0.486 e. The standard InChI is InChI=1S/C32H42N6O5/c1-20-29(43-19-34-20)18-42-27-7-6-24-16-37(9-8-23(24)11-27)17-26(40)13-33-30(41)28-12-25(35-31(36-28)32(3,4)5)10-22-14-38(15-22)21(2)39/h6-7,11-12,19,22,26,40H,8-10,13-18H2,1-5H3,(H,33,41)/t26-/m0/s1. The SMILES string of the molecule is CC(=O)N1CC(Cc2cc(C(=O)NC[C@H](O)CN3CCc4cc(OCc5ocnc5C)ccc4C3)nc(C(C)(C)C)n2)C1. The van der Waals surface area contributed by atoms with Crippen LogP contribution in [0.3, 0.4) is 0 Å². The Morgan fingerprint density at radius 3 is 2.67 bits per heavy atom. The minimum absolute atomic E-state index is 0.0793. The lowest BCUT2D eigenvalue weighted by molar-refractivity contribution is -0.134. The first-order chi connectivity index (χ1) is 20.4. The van der Waals surface area contributed by atoms with Gasteiger partial charge in [-0.1, -0.05) is 26.8 Å². The number of rotatable bonds is 10. The molecule has 1 atom stereocenters. The van der Waals surface area contributed by atoms with Gasteiger partial charge in [0.05, 0.1) is 11.8 Å². The van der Waals surface area contributed by atoms with E-state index in [0.717, 1.165) is 35.9 Å². The number of carbonyl (C=O) groups excluding carboxylic acids is 2. The summed E-state index contributed by atoms with van der Waals surface area (Å²) in [6.07, 6.45) is 2.22. The van der Waals surface area contributed by atoms with Crippen LogP contribution in [0.5, 0.6) is 5.75 Å². The van der Waals surface area contributed by atoms with Crippen molar-refractivity contribution in [3.8, 4) is 5.75 Å². The lowest BCUT2D eigenvalue weighted by atomic mass is 9.92. The number of nitrogens with one attached hydrogen (secondary N) is 1. The molecule has 230 valence electrons. The summed E-state index contributed by atoms with van der Waals surface area (Å²) in [6.45, 7) is 13.3. The number of carbonyl (C=O) groups is 2. The molecule has 2 aromatic heterocycles. The molecule has 0 saturated carbocycles. The number of fused-ring (bicyclic) bond motifs is 1. The molecular formula is C32H42N6O5. The van der Waals surface area contributed by atoms with Gasteiger partial charge in [-0.15, -0.1) is 0 Å². The summed E-state index contributed by atoms with van der Waals surface area (Å²) in [5, 5.41) is 13.6. The summed E-state index contributed by atoms with van der Waals surface area (Å²) < 4.78 is 11.3.